The Bertz CT molecular complexity index is 1730. The number of benzene rings is 4. The average Bonchev–Trinajstić information content (AvgIpc) is 3.08. The minimum absolute atomic E-state index is 0.00546. The Morgan fingerprint density at radius 2 is 1.43 bits per heavy atom. The van der Waals surface area contributed by atoms with Gasteiger partial charge in [0.1, 0.15) is 24.1 Å². The maximum Gasteiger partial charge on any atom is 0.264 e. The number of anilines is 1. The van der Waals surface area contributed by atoms with Crippen molar-refractivity contribution in [2.24, 2.45) is 5.92 Å². The Morgan fingerprint density at radius 3 is 2.00 bits per heavy atom. The van der Waals surface area contributed by atoms with Crippen molar-refractivity contribution in [3.8, 4) is 11.5 Å². The number of carbonyl (C=O) groups excluding carboxylic acids is 2. The monoisotopic (exact) mass is 657 g/mol. The Labute approximate surface area is 278 Å². The molecule has 0 heterocycles. The Balaban J connectivity index is 1.85. The summed E-state index contributed by atoms with van der Waals surface area (Å²) in [4.78, 5) is 30.0. The molecule has 0 aliphatic carbocycles. The van der Waals surface area contributed by atoms with Crippen molar-refractivity contribution in [1.29, 1.82) is 0 Å². The van der Waals surface area contributed by atoms with Crippen LogP contribution in [0.25, 0.3) is 0 Å². The molecule has 4 rings (SSSR count). The number of rotatable bonds is 15. The summed E-state index contributed by atoms with van der Waals surface area (Å²) in [5.41, 5.74) is 2.67. The molecule has 0 saturated carbocycles. The summed E-state index contributed by atoms with van der Waals surface area (Å²) in [6, 6.07) is 29.1. The number of hydrogen-bond acceptors (Lipinski definition) is 6. The number of sulfonamides is 1. The molecule has 4 aromatic carbocycles. The number of nitrogens with zero attached hydrogens (tertiary/aromatic N) is 2. The van der Waals surface area contributed by atoms with Gasteiger partial charge >= 0.3 is 0 Å². The van der Waals surface area contributed by atoms with Gasteiger partial charge in [0.05, 0.1) is 24.8 Å². The Kier molecular flexibility index (Phi) is 12.0. The molecule has 248 valence electrons. The third-order valence-electron chi connectivity index (χ3n) is 7.69. The van der Waals surface area contributed by atoms with Gasteiger partial charge in [0.25, 0.3) is 10.0 Å². The second-order valence-corrected chi connectivity index (χ2v) is 13.6. The molecule has 0 aliphatic rings. The molecule has 0 aromatic heterocycles. The molecule has 1 N–H and O–H groups in total. The summed E-state index contributed by atoms with van der Waals surface area (Å²) in [6.07, 6.45) is 0.233. The topological polar surface area (TPSA) is 105 Å². The van der Waals surface area contributed by atoms with E-state index in [2.05, 4.69) is 5.32 Å². The summed E-state index contributed by atoms with van der Waals surface area (Å²) in [6.45, 7) is 5.76. The van der Waals surface area contributed by atoms with Crippen molar-refractivity contribution < 1.29 is 27.5 Å². The van der Waals surface area contributed by atoms with Crippen LogP contribution >= 0.6 is 0 Å². The van der Waals surface area contributed by atoms with E-state index in [1.165, 1.54) is 37.3 Å². The SMILES string of the molecule is COc1ccc(OC)c(N(CC(=O)N(Cc2ccccc2)C(Cc2ccccc2)C(=O)NCC(C)C)S(=O)(=O)c2ccc(C)cc2)c1. The summed E-state index contributed by atoms with van der Waals surface area (Å²) in [5, 5.41) is 3.00. The fraction of sp³-hybridized carbons (Fsp3) is 0.297. The first kappa shape index (κ1) is 35.0. The normalized spacial score (nSPS) is 11.9. The summed E-state index contributed by atoms with van der Waals surface area (Å²) >= 11 is 0. The minimum Gasteiger partial charge on any atom is -0.497 e. The second-order valence-electron chi connectivity index (χ2n) is 11.7. The molecule has 0 aliphatic heterocycles. The molecule has 0 radical (unpaired) electrons. The molecule has 47 heavy (non-hydrogen) atoms. The zero-order valence-corrected chi connectivity index (χ0v) is 28.4. The second kappa shape index (κ2) is 16.1. The van der Waals surface area contributed by atoms with Gasteiger partial charge in [-0.25, -0.2) is 8.42 Å². The number of aryl methyl sites for hydroxylation is 1. The predicted molar refractivity (Wildman–Crippen MR) is 184 cm³/mol. The van der Waals surface area contributed by atoms with E-state index in [0.717, 1.165) is 21.0 Å². The van der Waals surface area contributed by atoms with Gasteiger partial charge in [-0.15, -0.1) is 0 Å². The molecule has 0 spiro atoms. The summed E-state index contributed by atoms with van der Waals surface area (Å²) in [5.74, 6) is -0.0769. The number of carbonyl (C=O) groups is 2. The lowest BCUT2D eigenvalue weighted by atomic mass is 10.0. The van der Waals surface area contributed by atoms with Gasteiger partial charge in [-0.05, 0) is 48.2 Å². The molecule has 0 fully saturated rings. The molecule has 4 aromatic rings. The van der Waals surface area contributed by atoms with Crippen molar-refractivity contribution >= 4 is 27.5 Å². The average molecular weight is 658 g/mol. The molecule has 1 atom stereocenters. The maximum atomic E-state index is 14.7. The highest BCUT2D eigenvalue weighted by Gasteiger charge is 2.35. The van der Waals surface area contributed by atoms with Crippen LogP contribution in [0.1, 0.15) is 30.5 Å². The highest BCUT2D eigenvalue weighted by Crippen LogP contribution is 2.36. The number of amides is 2. The van der Waals surface area contributed by atoms with Gasteiger partial charge in [-0.2, -0.15) is 0 Å². The van der Waals surface area contributed by atoms with E-state index in [-0.39, 0.29) is 41.1 Å². The molecule has 10 heteroatoms. The lowest BCUT2D eigenvalue weighted by Crippen LogP contribution is -2.53. The van der Waals surface area contributed by atoms with Crippen LogP contribution < -0.4 is 19.1 Å². The maximum absolute atomic E-state index is 14.7. The van der Waals surface area contributed by atoms with Crippen LogP contribution in [0.3, 0.4) is 0 Å². The molecule has 0 saturated heterocycles. The summed E-state index contributed by atoms with van der Waals surface area (Å²) in [7, 11) is -1.40. The quantitative estimate of drug-likeness (QED) is 0.178. The van der Waals surface area contributed by atoms with E-state index in [1.807, 2.05) is 81.4 Å². The van der Waals surface area contributed by atoms with Gasteiger partial charge in [0.2, 0.25) is 11.8 Å². The number of methoxy groups -OCH3 is 2. The van der Waals surface area contributed by atoms with Crippen molar-refractivity contribution in [2.45, 2.75) is 44.7 Å². The van der Waals surface area contributed by atoms with Crippen molar-refractivity contribution in [1.82, 2.24) is 10.2 Å². The lowest BCUT2D eigenvalue weighted by Gasteiger charge is -2.34. The van der Waals surface area contributed by atoms with E-state index < -0.39 is 28.5 Å². The van der Waals surface area contributed by atoms with Gasteiger partial charge in [-0.3, -0.25) is 13.9 Å². The van der Waals surface area contributed by atoms with Gasteiger partial charge in [0, 0.05) is 25.6 Å². The fourth-order valence-corrected chi connectivity index (χ4v) is 6.52. The van der Waals surface area contributed by atoms with Crippen molar-refractivity contribution in [3.05, 3.63) is 120 Å². The zero-order valence-electron chi connectivity index (χ0n) is 27.6. The first-order chi connectivity index (χ1) is 22.5. The number of nitrogens with one attached hydrogen (secondary N) is 1. The van der Waals surface area contributed by atoms with E-state index in [9.17, 15) is 18.0 Å². The molecule has 2 amide bonds. The van der Waals surface area contributed by atoms with Gasteiger partial charge in [0.15, 0.2) is 0 Å². The molecule has 9 nitrogen and oxygen atoms in total. The van der Waals surface area contributed by atoms with E-state index in [0.29, 0.717) is 12.3 Å². The van der Waals surface area contributed by atoms with Crippen LogP contribution in [-0.2, 0) is 32.6 Å². The van der Waals surface area contributed by atoms with Crippen LogP contribution in [-0.4, -0.2) is 58.5 Å². The third-order valence-corrected chi connectivity index (χ3v) is 9.47. The van der Waals surface area contributed by atoms with Crippen LogP contribution in [0.15, 0.2) is 108 Å². The van der Waals surface area contributed by atoms with Crippen LogP contribution in [0.4, 0.5) is 5.69 Å². The molecule has 1 unspecified atom stereocenters. The van der Waals surface area contributed by atoms with Gasteiger partial charge < -0.3 is 19.7 Å². The van der Waals surface area contributed by atoms with Crippen molar-refractivity contribution in [3.63, 3.8) is 0 Å². The van der Waals surface area contributed by atoms with Gasteiger partial charge in [-0.1, -0.05) is 92.2 Å². The van der Waals surface area contributed by atoms with Crippen LogP contribution in [0.2, 0.25) is 0 Å². The Morgan fingerprint density at radius 1 is 0.809 bits per heavy atom. The number of ether oxygens (including phenoxy) is 2. The lowest BCUT2D eigenvalue weighted by molar-refractivity contribution is -0.140. The zero-order chi connectivity index (χ0) is 34.0. The number of hydrogen-bond donors (Lipinski definition) is 1. The minimum atomic E-state index is -4.31. The molecular formula is C37H43N3O6S. The standard InChI is InChI=1S/C37H43N3O6S/c1-27(2)24-38-37(42)34(22-29-12-8-6-9-13-29)39(25-30-14-10-7-11-15-30)36(41)26-40(33-23-31(45-4)18-21-35(33)46-5)47(43,44)32-19-16-28(3)17-20-32/h6-21,23,27,34H,22,24-26H2,1-5H3,(H,38,42). The first-order valence-electron chi connectivity index (χ1n) is 15.5. The first-order valence-corrected chi connectivity index (χ1v) is 16.9. The largest absolute Gasteiger partial charge is 0.497 e. The third kappa shape index (κ3) is 9.13. The smallest absolute Gasteiger partial charge is 0.264 e. The highest BCUT2D eigenvalue weighted by atomic mass is 32.2. The van der Waals surface area contributed by atoms with Crippen LogP contribution in [0.5, 0.6) is 11.5 Å². The predicted octanol–water partition coefficient (Wildman–Crippen LogP) is 5.62. The fourth-order valence-electron chi connectivity index (χ4n) is 5.10. The highest BCUT2D eigenvalue weighted by molar-refractivity contribution is 7.92. The van der Waals surface area contributed by atoms with E-state index >= 15 is 0 Å². The Hall–Kier alpha value is -4.83. The van der Waals surface area contributed by atoms with Crippen LogP contribution in [0, 0.1) is 12.8 Å². The molecule has 0 bridgehead atoms. The van der Waals surface area contributed by atoms with E-state index in [1.54, 1.807) is 24.3 Å². The van der Waals surface area contributed by atoms with Crippen molar-refractivity contribution in [2.75, 3.05) is 31.6 Å². The summed E-state index contributed by atoms with van der Waals surface area (Å²) < 4.78 is 40.8. The van der Waals surface area contributed by atoms with E-state index in [4.69, 9.17) is 9.47 Å². The molecular weight excluding hydrogens is 614 g/mol.